The Kier molecular flexibility index (Phi) is 7.02. The van der Waals surface area contributed by atoms with Crippen molar-refractivity contribution in [3.63, 3.8) is 0 Å². The first kappa shape index (κ1) is 22.7. The van der Waals surface area contributed by atoms with E-state index in [9.17, 15) is 9.59 Å². The number of furan rings is 1. The van der Waals surface area contributed by atoms with Crippen LogP contribution in [0.2, 0.25) is 0 Å². The molecule has 0 spiro atoms. The zero-order valence-corrected chi connectivity index (χ0v) is 19.8. The minimum Gasteiger partial charge on any atom is -0.472 e. The number of hydrogen-bond acceptors (Lipinski definition) is 5. The predicted molar refractivity (Wildman–Crippen MR) is 133 cm³/mol. The largest absolute Gasteiger partial charge is 0.472 e. The number of carbonyl (C=O) groups excluding carboxylic acids is 2. The first-order valence-corrected chi connectivity index (χ1v) is 12.8. The lowest BCUT2D eigenvalue weighted by Crippen LogP contribution is -2.52. The van der Waals surface area contributed by atoms with Crippen molar-refractivity contribution in [3.8, 4) is 0 Å². The highest BCUT2D eigenvalue weighted by molar-refractivity contribution is 7.99. The van der Waals surface area contributed by atoms with Gasteiger partial charge in [0.15, 0.2) is 0 Å². The van der Waals surface area contributed by atoms with Crippen LogP contribution in [-0.4, -0.2) is 52.5 Å². The summed E-state index contributed by atoms with van der Waals surface area (Å²) in [6.07, 6.45) is 5.09. The Morgan fingerprint density at radius 3 is 2.35 bits per heavy atom. The molecule has 2 aliphatic rings. The first-order valence-electron chi connectivity index (χ1n) is 11.8. The number of amides is 2. The van der Waals surface area contributed by atoms with Gasteiger partial charge < -0.3 is 14.6 Å². The first-order chi connectivity index (χ1) is 16.7. The summed E-state index contributed by atoms with van der Waals surface area (Å²) < 4.78 is 5.27. The summed E-state index contributed by atoms with van der Waals surface area (Å²) in [5.74, 6) is 0.367. The van der Waals surface area contributed by atoms with Gasteiger partial charge in [0, 0.05) is 42.6 Å². The standard InChI is InChI=1S/C27H29N3O3S/c31-25(28-23-11-14-29(15-12-23)17-20-7-3-1-4-8-20)24-19-34-27(22-13-16-33-18-22)30(24)26(32)21-9-5-2-6-10-21/h1-10,13,16,18,23-24,27H,11-12,14-15,17,19H2,(H,28,31). The van der Waals surface area contributed by atoms with Gasteiger partial charge in [0.1, 0.15) is 11.4 Å². The molecule has 0 saturated carbocycles. The van der Waals surface area contributed by atoms with Crippen LogP contribution in [0, 0.1) is 0 Å². The Morgan fingerprint density at radius 2 is 1.68 bits per heavy atom. The molecule has 2 aliphatic heterocycles. The van der Waals surface area contributed by atoms with Crippen molar-refractivity contribution >= 4 is 23.6 Å². The fourth-order valence-electron chi connectivity index (χ4n) is 4.73. The molecule has 7 heteroatoms. The number of likely N-dealkylation sites (tertiary alicyclic amines) is 1. The second-order valence-corrected chi connectivity index (χ2v) is 9.99. The summed E-state index contributed by atoms with van der Waals surface area (Å²) in [7, 11) is 0. The Balaban J connectivity index is 1.24. The van der Waals surface area contributed by atoms with E-state index in [2.05, 4.69) is 34.5 Å². The Hall–Kier alpha value is -3.03. The van der Waals surface area contributed by atoms with E-state index < -0.39 is 6.04 Å². The average Bonchev–Trinajstić information content (AvgIpc) is 3.56. The Morgan fingerprint density at radius 1 is 0.971 bits per heavy atom. The molecule has 6 nitrogen and oxygen atoms in total. The molecule has 2 saturated heterocycles. The van der Waals surface area contributed by atoms with Crippen LogP contribution in [0.3, 0.4) is 0 Å². The zero-order chi connectivity index (χ0) is 23.3. The molecular weight excluding hydrogens is 446 g/mol. The van der Waals surface area contributed by atoms with E-state index in [1.807, 2.05) is 30.3 Å². The van der Waals surface area contributed by atoms with Crippen LogP contribution in [0.5, 0.6) is 0 Å². The van der Waals surface area contributed by atoms with Gasteiger partial charge >= 0.3 is 0 Å². The van der Waals surface area contributed by atoms with Crippen LogP contribution in [0.15, 0.2) is 83.7 Å². The molecule has 0 radical (unpaired) electrons. The monoisotopic (exact) mass is 475 g/mol. The summed E-state index contributed by atoms with van der Waals surface area (Å²) >= 11 is 1.61. The van der Waals surface area contributed by atoms with Crippen LogP contribution in [0.25, 0.3) is 0 Å². The minimum absolute atomic E-state index is 0.0655. The molecule has 2 amide bonds. The van der Waals surface area contributed by atoms with Gasteiger partial charge in [-0.1, -0.05) is 48.5 Å². The number of thioether (sulfide) groups is 1. The Bertz CT molecular complexity index is 1080. The smallest absolute Gasteiger partial charge is 0.255 e. The lowest BCUT2D eigenvalue weighted by molar-refractivity contribution is -0.125. The van der Waals surface area contributed by atoms with E-state index in [1.54, 1.807) is 41.3 Å². The molecule has 2 unspecified atom stereocenters. The fraction of sp³-hybridized carbons (Fsp3) is 0.333. The quantitative estimate of drug-likeness (QED) is 0.575. The maximum Gasteiger partial charge on any atom is 0.255 e. The van der Waals surface area contributed by atoms with Gasteiger partial charge in [0.2, 0.25) is 5.91 Å². The minimum atomic E-state index is -0.514. The predicted octanol–water partition coefficient (Wildman–Crippen LogP) is 4.32. The molecule has 2 fully saturated rings. The fourth-order valence-corrected chi connectivity index (χ4v) is 6.14. The van der Waals surface area contributed by atoms with E-state index in [4.69, 9.17) is 4.42 Å². The van der Waals surface area contributed by atoms with Gasteiger partial charge in [0.25, 0.3) is 5.91 Å². The van der Waals surface area contributed by atoms with E-state index >= 15 is 0 Å². The molecule has 0 aliphatic carbocycles. The summed E-state index contributed by atoms with van der Waals surface area (Å²) in [4.78, 5) is 31.0. The van der Waals surface area contributed by atoms with Crippen LogP contribution in [-0.2, 0) is 11.3 Å². The molecular formula is C27H29N3O3S. The second-order valence-electron chi connectivity index (χ2n) is 8.88. The molecule has 3 aromatic rings. The van der Waals surface area contributed by atoms with Gasteiger partial charge in [-0.05, 0) is 36.6 Å². The normalized spacial score (nSPS) is 21.5. The number of carbonyl (C=O) groups is 2. The van der Waals surface area contributed by atoms with Crippen molar-refractivity contribution in [2.24, 2.45) is 0 Å². The molecule has 1 aromatic heterocycles. The molecule has 0 bridgehead atoms. The van der Waals surface area contributed by atoms with Crippen LogP contribution >= 0.6 is 11.8 Å². The number of rotatable bonds is 6. The third kappa shape index (κ3) is 5.05. The molecule has 176 valence electrons. The lowest BCUT2D eigenvalue weighted by atomic mass is 10.0. The number of nitrogens with one attached hydrogen (secondary N) is 1. The molecule has 1 N–H and O–H groups in total. The lowest BCUT2D eigenvalue weighted by Gasteiger charge is -2.34. The Labute approximate surface area is 204 Å². The number of hydrogen-bond donors (Lipinski definition) is 1. The highest BCUT2D eigenvalue weighted by atomic mass is 32.2. The van der Waals surface area contributed by atoms with E-state index in [1.165, 1.54) is 5.56 Å². The summed E-state index contributed by atoms with van der Waals surface area (Å²) in [6.45, 7) is 2.83. The highest BCUT2D eigenvalue weighted by Gasteiger charge is 2.43. The van der Waals surface area contributed by atoms with Gasteiger partial charge in [0.05, 0.1) is 12.5 Å². The number of nitrogens with zero attached hydrogens (tertiary/aromatic N) is 2. The molecule has 2 atom stereocenters. The van der Waals surface area contributed by atoms with Crippen molar-refractivity contribution in [1.29, 1.82) is 0 Å². The maximum absolute atomic E-state index is 13.5. The molecule has 34 heavy (non-hydrogen) atoms. The van der Waals surface area contributed by atoms with Crippen molar-refractivity contribution in [3.05, 3.63) is 95.9 Å². The van der Waals surface area contributed by atoms with Crippen molar-refractivity contribution in [1.82, 2.24) is 15.1 Å². The van der Waals surface area contributed by atoms with Gasteiger partial charge in [-0.25, -0.2) is 0 Å². The van der Waals surface area contributed by atoms with Gasteiger partial charge in [-0.3, -0.25) is 14.5 Å². The van der Waals surface area contributed by atoms with Crippen molar-refractivity contribution < 1.29 is 14.0 Å². The summed E-state index contributed by atoms with van der Waals surface area (Å²) in [5.41, 5.74) is 2.80. The van der Waals surface area contributed by atoms with E-state index in [0.29, 0.717) is 11.3 Å². The van der Waals surface area contributed by atoms with Gasteiger partial charge in [-0.15, -0.1) is 11.8 Å². The van der Waals surface area contributed by atoms with Crippen molar-refractivity contribution in [2.45, 2.75) is 36.8 Å². The topological polar surface area (TPSA) is 65.8 Å². The van der Waals surface area contributed by atoms with Gasteiger partial charge in [-0.2, -0.15) is 0 Å². The maximum atomic E-state index is 13.5. The van der Waals surface area contributed by atoms with E-state index in [0.717, 1.165) is 38.0 Å². The number of benzene rings is 2. The zero-order valence-electron chi connectivity index (χ0n) is 19.0. The molecule has 5 rings (SSSR count). The third-order valence-corrected chi connectivity index (χ3v) is 7.89. The van der Waals surface area contributed by atoms with E-state index in [-0.39, 0.29) is 23.2 Å². The second kappa shape index (κ2) is 10.5. The summed E-state index contributed by atoms with van der Waals surface area (Å²) in [5, 5.41) is 3.01. The number of piperidine rings is 1. The SMILES string of the molecule is O=C(NC1CCN(Cc2ccccc2)CC1)C1CSC(c2ccoc2)N1C(=O)c1ccccc1. The third-order valence-electron chi connectivity index (χ3n) is 6.57. The van der Waals surface area contributed by atoms with Crippen molar-refractivity contribution in [2.75, 3.05) is 18.8 Å². The molecule has 2 aromatic carbocycles. The van der Waals surface area contributed by atoms with Crippen LogP contribution in [0.4, 0.5) is 0 Å². The van der Waals surface area contributed by atoms with Crippen LogP contribution < -0.4 is 5.32 Å². The molecule has 3 heterocycles. The van der Waals surface area contributed by atoms with Crippen LogP contribution in [0.1, 0.15) is 39.7 Å². The summed E-state index contributed by atoms with van der Waals surface area (Å²) in [6, 6.07) is 21.2. The average molecular weight is 476 g/mol. The highest BCUT2D eigenvalue weighted by Crippen LogP contribution is 2.42.